The Bertz CT molecular complexity index is 695. The molecule has 1 heterocycles. The van der Waals surface area contributed by atoms with Gasteiger partial charge in [0, 0.05) is 27.4 Å². The molecule has 0 spiro atoms. The van der Waals surface area contributed by atoms with Crippen molar-refractivity contribution in [2.45, 2.75) is 27.2 Å². The van der Waals surface area contributed by atoms with Crippen LogP contribution in [0.25, 0.3) is 0 Å². The highest BCUT2D eigenvalue weighted by Gasteiger charge is 2.14. The largest absolute Gasteiger partial charge is 0.496 e. The van der Waals surface area contributed by atoms with E-state index in [1.54, 1.807) is 13.3 Å². The van der Waals surface area contributed by atoms with Gasteiger partial charge in [-0.3, -0.25) is 9.78 Å². The van der Waals surface area contributed by atoms with Gasteiger partial charge in [0.25, 0.3) is 0 Å². The molecule has 1 aromatic carbocycles. The van der Waals surface area contributed by atoms with Crippen molar-refractivity contribution in [1.82, 2.24) is 4.98 Å². The molecule has 0 atom stereocenters. The van der Waals surface area contributed by atoms with Gasteiger partial charge in [0.05, 0.1) is 19.2 Å². The van der Waals surface area contributed by atoms with Gasteiger partial charge in [-0.25, -0.2) is 0 Å². The molecule has 0 unspecified atom stereocenters. The standard InChI is InChI=1S/C17H18BrNO2/c1-10-5-6-13(7-14(10)18)16(20)8-15-12(3)17(21-4)11(2)9-19-15/h5-7,9H,8H2,1-4H3. The molecule has 0 radical (unpaired) electrons. The maximum Gasteiger partial charge on any atom is 0.168 e. The van der Waals surface area contributed by atoms with E-state index in [9.17, 15) is 4.79 Å². The third-order valence-electron chi connectivity index (χ3n) is 3.57. The normalized spacial score (nSPS) is 10.5. The summed E-state index contributed by atoms with van der Waals surface area (Å²) in [6.45, 7) is 5.88. The number of methoxy groups -OCH3 is 1. The number of hydrogen-bond acceptors (Lipinski definition) is 3. The predicted molar refractivity (Wildman–Crippen MR) is 87.2 cm³/mol. The fourth-order valence-corrected chi connectivity index (χ4v) is 2.65. The van der Waals surface area contributed by atoms with Crippen LogP contribution in [0, 0.1) is 20.8 Å². The Morgan fingerprint density at radius 1 is 1.24 bits per heavy atom. The monoisotopic (exact) mass is 347 g/mol. The van der Waals surface area contributed by atoms with Crippen LogP contribution in [0.4, 0.5) is 0 Å². The zero-order valence-electron chi connectivity index (χ0n) is 12.7. The van der Waals surface area contributed by atoms with Gasteiger partial charge in [-0.05, 0) is 32.4 Å². The predicted octanol–water partition coefficient (Wildman–Crippen LogP) is 4.20. The van der Waals surface area contributed by atoms with E-state index in [2.05, 4.69) is 20.9 Å². The van der Waals surface area contributed by atoms with E-state index in [0.717, 1.165) is 32.6 Å². The van der Waals surface area contributed by atoms with Gasteiger partial charge in [-0.2, -0.15) is 0 Å². The highest BCUT2D eigenvalue weighted by molar-refractivity contribution is 9.10. The Balaban J connectivity index is 2.29. The zero-order valence-corrected chi connectivity index (χ0v) is 14.2. The lowest BCUT2D eigenvalue weighted by Gasteiger charge is -2.12. The van der Waals surface area contributed by atoms with Gasteiger partial charge in [0.2, 0.25) is 0 Å². The van der Waals surface area contributed by atoms with E-state index in [0.29, 0.717) is 5.56 Å². The molecule has 4 heteroatoms. The van der Waals surface area contributed by atoms with E-state index in [-0.39, 0.29) is 12.2 Å². The first-order valence-corrected chi connectivity index (χ1v) is 7.51. The third kappa shape index (κ3) is 3.32. The molecule has 0 aliphatic rings. The highest BCUT2D eigenvalue weighted by atomic mass is 79.9. The van der Waals surface area contributed by atoms with Gasteiger partial charge in [-0.15, -0.1) is 0 Å². The number of ether oxygens (including phenoxy) is 1. The van der Waals surface area contributed by atoms with E-state index < -0.39 is 0 Å². The maximum atomic E-state index is 12.4. The van der Waals surface area contributed by atoms with Crippen molar-refractivity contribution < 1.29 is 9.53 Å². The topological polar surface area (TPSA) is 39.2 Å². The molecule has 21 heavy (non-hydrogen) atoms. The molecular formula is C17H18BrNO2. The summed E-state index contributed by atoms with van der Waals surface area (Å²) in [5, 5.41) is 0. The van der Waals surface area contributed by atoms with Crippen LogP contribution >= 0.6 is 15.9 Å². The number of pyridine rings is 1. The van der Waals surface area contributed by atoms with E-state index >= 15 is 0 Å². The van der Waals surface area contributed by atoms with Crippen LogP contribution in [-0.4, -0.2) is 17.9 Å². The quantitative estimate of drug-likeness (QED) is 0.778. The average molecular weight is 348 g/mol. The van der Waals surface area contributed by atoms with Gasteiger partial charge >= 0.3 is 0 Å². The van der Waals surface area contributed by atoms with Crippen molar-refractivity contribution >= 4 is 21.7 Å². The van der Waals surface area contributed by atoms with Crippen molar-refractivity contribution in [2.75, 3.05) is 7.11 Å². The number of hydrogen-bond donors (Lipinski definition) is 0. The number of Topliss-reactive ketones (excluding diaryl/α,β-unsaturated/α-hetero) is 1. The Morgan fingerprint density at radius 2 is 1.95 bits per heavy atom. The van der Waals surface area contributed by atoms with Gasteiger partial charge < -0.3 is 4.74 Å². The summed E-state index contributed by atoms with van der Waals surface area (Å²) in [6.07, 6.45) is 2.03. The number of rotatable bonds is 4. The Morgan fingerprint density at radius 3 is 2.57 bits per heavy atom. The lowest BCUT2D eigenvalue weighted by molar-refractivity contribution is 0.0991. The van der Waals surface area contributed by atoms with Crippen molar-refractivity contribution in [1.29, 1.82) is 0 Å². The zero-order chi connectivity index (χ0) is 15.6. The van der Waals surface area contributed by atoms with E-state index in [1.807, 2.05) is 39.0 Å². The summed E-state index contributed by atoms with van der Waals surface area (Å²) in [7, 11) is 1.64. The Hall–Kier alpha value is -1.68. The molecule has 2 aromatic rings. The summed E-state index contributed by atoms with van der Waals surface area (Å²) in [5.41, 5.74) is 4.46. The average Bonchev–Trinajstić information content (AvgIpc) is 2.45. The lowest BCUT2D eigenvalue weighted by atomic mass is 10.0. The molecule has 1 aromatic heterocycles. The van der Waals surface area contributed by atoms with Crippen molar-refractivity contribution in [3.05, 3.63) is 56.8 Å². The molecule has 2 rings (SSSR count). The Kier molecular flexibility index (Phi) is 4.78. The van der Waals surface area contributed by atoms with Crippen LogP contribution in [0.15, 0.2) is 28.9 Å². The van der Waals surface area contributed by atoms with Gasteiger partial charge in [-0.1, -0.05) is 28.1 Å². The number of aryl methyl sites for hydroxylation is 2. The first-order chi connectivity index (χ1) is 9.93. The van der Waals surface area contributed by atoms with E-state index in [4.69, 9.17) is 4.74 Å². The van der Waals surface area contributed by atoms with Crippen LogP contribution < -0.4 is 4.74 Å². The SMILES string of the molecule is COc1c(C)cnc(CC(=O)c2ccc(C)c(Br)c2)c1C. The molecule has 0 fully saturated rings. The number of nitrogens with zero attached hydrogens (tertiary/aromatic N) is 1. The van der Waals surface area contributed by atoms with Crippen molar-refractivity contribution in [2.24, 2.45) is 0 Å². The molecule has 0 amide bonds. The van der Waals surface area contributed by atoms with Gasteiger partial charge in [0.1, 0.15) is 5.75 Å². The minimum atomic E-state index is 0.0530. The summed E-state index contributed by atoms with van der Waals surface area (Å²) in [4.78, 5) is 16.8. The molecule has 3 nitrogen and oxygen atoms in total. The van der Waals surface area contributed by atoms with Crippen LogP contribution in [0.1, 0.15) is 32.7 Å². The number of carbonyl (C=O) groups is 1. The number of benzene rings is 1. The number of halogens is 1. The number of ketones is 1. The lowest BCUT2D eigenvalue weighted by Crippen LogP contribution is -2.08. The second-order valence-electron chi connectivity index (χ2n) is 5.11. The minimum Gasteiger partial charge on any atom is -0.496 e. The summed E-state index contributed by atoms with van der Waals surface area (Å²) >= 11 is 3.46. The highest BCUT2D eigenvalue weighted by Crippen LogP contribution is 2.25. The summed E-state index contributed by atoms with van der Waals surface area (Å²) in [5.74, 6) is 0.857. The van der Waals surface area contributed by atoms with Gasteiger partial charge in [0.15, 0.2) is 5.78 Å². The number of aromatic nitrogens is 1. The number of carbonyl (C=O) groups excluding carboxylic acids is 1. The summed E-state index contributed by atoms with van der Waals surface area (Å²) < 4.78 is 6.32. The molecule has 0 N–H and O–H groups in total. The first kappa shape index (κ1) is 15.7. The molecule has 0 aliphatic carbocycles. The smallest absolute Gasteiger partial charge is 0.168 e. The second kappa shape index (κ2) is 6.39. The Labute approximate surface area is 133 Å². The molecule has 0 saturated carbocycles. The second-order valence-corrected chi connectivity index (χ2v) is 5.96. The summed E-state index contributed by atoms with van der Waals surface area (Å²) in [6, 6.07) is 5.65. The van der Waals surface area contributed by atoms with Crippen molar-refractivity contribution in [3.8, 4) is 5.75 Å². The molecular weight excluding hydrogens is 330 g/mol. The molecule has 0 saturated heterocycles. The molecule has 110 valence electrons. The van der Waals surface area contributed by atoms with Crippen LogP contribution in [0.5, 0.6) is 5.75 Å². The first-order valence-electron chi connectivity index (χ1n) is 6.72. The van der Waals surface area contributed by atoms with E-state index in [1.165, 1.54) is 0 Å². The minimum absolute atomic E-state index is 0.0530. The van der Waals surface area contributed by atoms with Crippen LogP contribution in [0.3, 0.4) is 0 Å². The third-order valence-corrected chi connectivity index (χ3v) is 4.43. The van der Waals surface area contributed by atoms with Crippen molar-refractivity contribution in [3.63, 3.8) is 0 Å². The fourth-order valence-electron chi connectivity index (χ4n) is 2.27. The maximum absolute atomic E-state index is 12.4. The fraction of sp³-hybridized carbons (Fsp3) is 0.294. The molecule has 0 bridgehead atoms. The van der Waals surface area contributed by atoms with Crippen LogP contribution in [0.2, 0.25) is 0 Å². The molecule has 0 aliphatic heterocycles. The van der Waals surface area contributed by atoms with Crippen LogP contribution in [-0.2, 0) is 6.42 Å².